The fourth-order valence-electron chi connectivity index (χ4n) is 10.9. The molecule has 3 aromatic rings. The van der Waals surface area contributed by atoms with E-state index in [0.717, 1.165) is 16.3 Å². The molecule has 7 rings (SSSR count). The quantitative estimate of drug-likeness (QED) is 0.176. The van der Waals surface area contributed by atoms with Crippen LogP contribution in [0, 0.1) is 28.6 Å². The van der Waals surface area contributed by atoms with Gasteiger partial charge in [-0.15, -0.1) is 0 Å². The number of anilines is 1. The predicted octanol–water partition coefficient (Wildman–Crippen LogP) is 6.36. The topological polar surface area (TPSA) is 160 Å². The molecule has 3 N–H and O–H groups in total. The average Bonchev–Trinajstić information content (AvgIpc) is 3.40. The summed E-state index contributed by atoms with van der Waals surface area (Å²) in [5, 5.41) is 28.8. The zero-order chi connectivity index (χ0) is 42.5. The van der Waals surface area contributed by atoms with Crippen LogP contribution < -0.4 is 5.32 Å². The molecule has 0 aromatic heterocycles. The van der Waals surface area contributed by atoms with Gasteiger partial charge in [0.05, 0.1) is 18.9 Å². The van der Waals surface area contributed by atoms with Crippen LogP contribution in [0.25, 0.3) is 10.8 Å². The summed E-state index contributed by atoms with van der Waals surface area (Å²) in [4.78, 5) is 66.4. The Morgan fingerprint density at radius 3 is 2.32 bits per heavy atom. The maximum Gasteiger partial charge on any atom is 0.306 e. The van der Waals surface area contributed by atoms with Crippen LogP contribution in [0.2, 0.25) is 0 Å². The molecule has 59 heavy (non-hydrogen) atoms. The van der Waals surface area contributed by atoms with Gasteiger partial charge in [-0.25, -0.2) is 4.39 Å². The minimum Gasteiger partial charge on any atom is -0.461 e. The number of aliphatic hydroxyl groups is 2. The van der Waals surface area contributed by atoms with Crippen molar-refractivity contribution in [2.75, 3.05) is 26.0 Å². The van der Waals surface area contributed by atoms with E-state index in [2.05, 4.69) is 5.32 Å². The Labute approximate surface area is 343 Å². The van der Waals surface area contributed by atoms with Crippen LogP contribution in [-0.2, 0) is 40.1 Å². The van der Waals surface area contributed by atoms with Crippen LogP contribution in [0.5, 0.6) is 0 Å². The van der Waals surface area contributed by atoms with E-state index in [1.807, 2.05) is 61.5 Å². The average molecular weight is 809 g/mol. The largest absolute Gasteiger partial charge is 0.461 e. The van der Waals surface area contributed by atoms with Crippen molar-refractivity contribution in [1.29, 1.82) is 0 Å². The van der Waals surface area contributed by atoms with Crippen LogP contribution in [0.15, 0.2) is 90.5 Å². The van der Waals surface area contributed by atoms with Crippen LogP contribution in [-0.4, -0.2) is 82.6 Å². The number of aliphatic hydroxyl groups excluding tert-OH is 1. The van der Waals surface area contributed by atoms with E-state index < -0.39 is 76.3 Å². The van der Waals surface area contributed by atoms with Crippen molar-refractivity contribution in [2.45, 2.75) is 89.3 Å². The van der Waals surface area contributed by atoms with Crippen molar-refractivity contribution >= 4 is 45.9 Å². The fraction of sp³-hybridized carbons (Fsp3) is 0.468. The fourth-order valence-corrected chi connectivity index (χ4v) is 10.9. The molecule has 9 atom stereocenters. The number of carbonyl (C=O) groups excluding carboxylic acids is 5. The lowest BCUT2D eigenvalue weighted by molar-refractivity contribution is -0.220. The maximum atomic E-state index is 17.5. The van der Waals surface area contributed by atoms with E-state index in [1.54, 1.807) is 51.1 Å². The van der Waals surface area contributed by atoms with E-state index in [1.165, 1.54) is 12.2 Å². The first-order valence-electron chi connectivity index (χ1n) is 20.4. The highest BCUT2D eigenvalue weighted by molar-refractivity contribution is 6.01. The number of ketones is 2. The second-order valence-corrected chi connectivity index (χ2v) is 17.6. The number of carbonyl (C=O) groups is 5. The van der Waals surface area contributed by atoms with Gasteiger partial charge in [-0.05, 0) is 105 Å². The zero-order valence-corrected chi connectivity index (χ0v) is 34.2. The molecular weight excluding hydrogens is 756 g/mol. The monoisotopic (exact) mass is 808 g/mol. The summed E-state index contributed by atoms with van der Waals surface area (Å²) in [7, 11) is 3.63. The molecule has 0 bridgehead atoms. The van der Waals surface area contributed by atoms with Gasteiger partial charge in [0, 0.05) is 22.4 Å². The molecule has 0 spiro atoms. The number of alkyl halides is 1. The second-order valence-electron chi connectivity index (χ2n) is 17.6. The molecule has 3 fully saturated rings. The van der Waals surface area contributed by atoms with Crippen molar-refractivity contribution in [3.63, 3.8) is 0 Å². The molecule has 0 aliphatic heterocycles. The predicted molar refractivity (Wildman–Crippen MR) is 218 cm³/mol. The number of halogens is 1. The molecule has 0 radical (unpaired) electrons. The summed E-state index contributed by atoms with van der Waals surface area (Å²) < 4.78 is 28.1. The molecule has 0 saturated heterocycles. The zero-order valence-electron chi connectivity index (χ0n) is 34.2. The summed E-state index contributed by atoms with van der Waals surface area (Å²) in [6, 6.07) is 20.2. The number of nitrogens with one attached hydrogen (secondary N) is 1. The second kappa shape index (κ2) is 15.9. The van der Waals surface area contributed by atoms with Crippen molar-refractivity contribution in [3.05, 3.63) is 102 Å². The van der Waals surface area contributed by atoms with Crippen LogP contribution in [0.4, 0.5) is 10.1 Å². The van der Waals surface area contributed by atoms with Crippen LogP contribution >= 0.6 is 0 Å². The molecule has 12 heteroatoms. The summed E-state index contributed by atoms with van der Waals surface area (Å²) >= 11 is 0. The molecule has 3 saturated carbocycles. The molecule has 1 amide bonds. The molecule has 4 aliphatic rings. The molecule has 4 aliphatic carbocycles. The van der Waals surface area contributed by atoms with Crippen molar-refractivity contribution in [3.8, 4) is 0 Å². The van der Waals surface area contributed by atoms with E-state index in [-0.39, 0.29) is 37.6 Å². The number of Topliss-reactive ketones (excluding diaryl/α,β-unsaturated/α-hetero) is 1. The van der Waals surface area contributed by atoms with Gasteiger partial charge in [0.2, 0.25) is 11.7 Å². The number of rotatable bonds is 12. The first kappa shape index (κ1) is 42.1. The van der Waals surface area contributed by atoms with E-state index in [0.29, 0.717) is 36.1 Å². The number of hydrogen-bond acceptors (Lipinski definition) is 10. The van der Waals surface area contributed by atoms with Gasteiger partial charge in [-0.2, -0.15) is 0 Å². The number of hydrogen-bond donors (Lipinski definition) is 3. The first-order valence-corrected chi connectivity index (χ1v) is 20.4. The number of nitrogens with zero attached hydrogens (tertiary/aromatic N) is 1. The third-order valence-corrected chi connectivity index (χ3v) is 14.0. The highest BCUT2D eigenvalue weighted by Crippen LogP contribution is 2.70. The van der Waals surface area contributed by atoms with Gasteiger partial charge >= 0.3 is 11.9 Å². The minimum absolute atomic E-state index is 0.0641. The highest BCUT2D eigenvalue weighted by atomic mass is 19.1. The number of fused-ring (bicyclic) bond motifs is 6. The third kappa shape index (κ3) is 7.23. The molecule has 1 unspecified atom stereocenters. The number of benzene rings is 3. The van der Waals surface area contributed by atoms with Crippen molar-refractivity contribution in [2.24, 2.45) is 28.6 Å². The van der Waals surface area contributed by atoms with Crippen molar-refractivity contribution < 1.29 is 48.0 Å². The van der Waals surface area contributed by atoms with E-state index in [4.69, 9.17) is 9.47 Å². The smallest absolute Gasteiger partial charge is 0.306 e. The van der Waals surface area contributed by atoms with Crippen LogP contribution in [0.3, 0.4) is 0 Å². The Balaban J connectivity index is 0.898. The first-order chi connectivity index (χ1) is 27.9. The Kier molecular flexibility index (Phi) is 11.3. The minimum atomic E-state index is -2.11. The summed E-state index contributed by atoms with van der Waals surface area (Å²) in [6.07, 6.45) is 3.13. The molecule has 3 aromatic carbocycles. The van der Waals surface area contributed by atoms with Gasteiger partial charge in [-0.1, -0.05) is 80.1 Å². The lowest BCUT2D eigenvalue weighted by Gasteiger charge is -2.62. The number of ether oxygens (including phenoxy) is 2. The highest BCUT2D eigenvalue weighted by Gasteiger charge is 2.75. The number of amides is 1. The number of esters is 2. The summed E-state index contributed by atoms with van der Waals surface area (Å²) in [6.45, 7) is 4.34. The molecule has 312 valence electrons. The molecular formula is C47H53FN2O9. The lowest BCUT2D eigenvalue weighted by atomic mass is 9.44. The van der Waals surface area contributed by atoms with Crippen molar-refractivity contribution in [1.82, 2.24) is 4.90 Å². The van der Waals surface area contributed by atoms with Gasteiger partial charge in [0.25, 0.3) is 0 Å². The normalized spacial score (nSPS) is 31.4. The molecule has 0 heterocycles. The summed E-state index contributed by atoms with van der Waals surface area (Å²) in [5.41, 5.74) is -3.77. The van der Waals surface area contributed by atoms with Gasteiger partial charge in [-0.3, -0.25) is 28.9 Å². The number of allylic oxidation sites excluding steroid dienone is 4. The Morgan fingerprint density at radius 2 is 1.63 bits per heavy atom. The standard InChI is InChI=1S/C47H53FN2O9/c1-28-22-37-36-17-15-33-24-35(51)20-21-44(33,2)46(36,48)38(52)25-45(37,3)47(28,57)39(53)27-59-41(55)19-18-40(54)58-26-29-10-12-31(13-11-29)42(50(4)5)43(56)49-34-16-14-30-8-6-7-9-32(30)23-34/h6-14,16,20-21,23-24,28,36-38,42,52,57H,15,17-19,22,25-27H2,1-5H3,(H,49,56)/t28-,36+,37+,38+,42?,44+,45+,46+,47+/m1/s1. The molecule has 11 nitrogen and oxygen atoms in total. The lowest BCUT2D eigenvalue weighted by Crippen LogP contribution is -2.69. The number of likely N-dealkylation sites (N-methyl/N-ethyl adjacent to an activating group) is 1. The van der Waals surface area contributed by atoms with E-state index >= 15 is 4.39 Å². The third-order valence-electron chi connectivity index (χ3n) is 14.0. The SMILES string of the molecule is C[C@@H]1C[C@H]2[C@@H]3CCC4=CC(=O)C=C[C@]4(C)[C@@]3(F)[C@@H](O)C[C@]2(C)[C@@]1(O)C(=O)COC(=O)CCC(=O)OCc1ccc(C(C(=O)Nc2ccc3ccccc3c2)N(C)C)cc1. The Bertz CT molecular complexity index is 2240. The Hall–Kier alpha value is -5.04. The van der Waals surface area contributed by atoms with Gasteiger partial charge < -0.3 is 25.0 Å². The van der Waals surface area contributed by atoms with Gasteiger partial charge in [0.15, 0.2) is 18.1 Å². The van der Waals surface area contributed by atoms with E-state index in [9.17, 15) is 34.2 Å². The summed E-state index contributed by atoms with van der Waals surface area (Å²) in [5.74, 6) is -4.38. The maximum absolute atomic E-state index is 17.5. The Morgan fingerprint density at radius 1 is 0.949 bits per heavy atom. The van der Waals surface area contributed by atoms with Crippen LogP contribution in [0.1, 0.15) is 76.5 Å². The van der Waals surface area contributed by atoms with Gasteiger partial charge in [0.1, 0.15) is 18.2 Å².